The van der Waals surface area contributed by atoms with E-state index < -0.39 is 87.1 Å². The van der Waals surface area contributed by atoms with E-state index in [-0.39, 0.29) is 57.2 Å². The first-order valence-corrected chi connectivity index (χ1v) is 24.3. The van der Waals surface area contributed by atoms with Crippen molar-refractivity contribution in [3.05, 3.63) is 148 Å². The summed E-state index contributed by atoms with van der Waals surface area (Å²) in [6, 6.07) is 31.4. The number of carbonyl (C=O) groups excluding carboxylic acids is 6. The highest BCUT2D eigenvalue weighted by atomic mass is 16.6. The zero-order valence-corrected chi connectivity index (χ0v) is 42.4. The van der Waals surface area contributed by atoms with Crippen LogP contribution in [-0.4, -0.2) is 128 Å². The maximum atomic E-state index is 11.9. The molecule has 20 nitrogen and oxygen atoms in total. The first-order valence-electron chi connectivity index (χ1n) is 24.3. The highest BCUT2D eigenvalue weighted by Crippen LogP contribution is 2.29. The Morgan fingerprint density at radius 1 is 0.474 bits per heavy atom. The summed E-state index contributed by atoms with van der Waals surface area (Å²) in [6.45, 7) is 1.13. The van der Waals surface area contributed by atoms with Crippen LogP contribution in [0.5, 0.6) is 28.7 Å². The fraction of sp³-hybridized carbons (Fsp3) is 0.357. The van der Waals surface area contributed by atoms with Crippen LogP contribution in [0.3, 0.4) is 0 Å². The van der Waals surface area contributed by atoms with Crippen LogP contribution in [0.1, 0.15) is 45.9 Å². The number of carboxylic acid groups (broad SMARTS) is 6. The van der Waals surface area contributed by atoms with Gasteiger partial charge in [-0.2, -0.15) is 0 Å². The molecule has 0 radical (unpaired) electrons. The zero-order valence-electron chi connectivity index (χ0n) is 42.4. The van der Waals surface area contributed by atoms with Crippen LogP contribution in [0.25, 0.3) is 0 Å². The fourth-order valence-electron chi connectivity index (χ4n) is 8.03. The number of carbonyl (C=O) groups is 6. The molecule has 2 atom stereocenters. The minimum atomic E-state index is -1.64. The quantitative estimate of drug-likeness (QED) is 0.0415. The Labute approximate surface area is 440 Å². The van der Waals surface area contributed by atoms with Crippen LogP contribution in [0.2, 0.25) is 0 Å². The third-order valence-corrected chi connectivity index (χ3v) is 11.8. The van der Waals surface area contributed by atoms with Gasteiger partial charge in [0.05, 0.1) is 29.8 Å². The van der Waals surface area contributed by atoms with Gasteiger partial charge >= 0.3 is 0 Å². The number of benzene rings is 5. The lowest BCUT2D eigenvalue weighted by Crippen LogP contribution is -2.55. The summed E-state index contributed by atoms with van der Waals surface area (Å²) in [7, 11) is 0. The van der Waals surface area contributed by atoms with E-state index in [1.165, 1.54) is 4.90 Å². The molecule has 0 saturated heterocycles. The molecule has 0 aromatic heterocycles. The lowest BCUT2D eigenvalue weighted by Gasteiger charge is -2.37. The number of rotatable bonds is 35. The van der Waals surface area contributed by atoms with Crippen LogP contribution in [0.4, 0.5) is 0 Å². The number of nitrogens with zero attached hydrogens (tertiary/aromatic N) is 3. The average molecular weight is 1050 g/mol. The van der Waals surface area contributed by atoms with Crippen LogP contribution in [0, 0.1) is 13.8 Å². The van der Waals surface area contributed by atoms with Crippen molar-refractivity contribution in [2.24, 2.45) is 0 Å². The molecule has 0 saturated carbocycles. The van der Waals surface area contributed by atoms with Gasteiger partial charge in [0, 0.05) is 76.4 Å². The van der Waals surface area contributed by atoms with Gasteiger partial charge in [-0.05, 0) is 97.5 Å². The number of hydrogen-bond donors (Lipinski definition) is 0. The summed E-state index contributed by atoms with van der Waals surface area (Å²) < 4.78 is 31.1. The SMILES string of the molecule is CCc1cc(OCc2ccc(C)cc2)ccc1OCC(COc1ccc(OCc2ccc(C)cc2)cc1CC(=O)[O-])Oc1ccc(CC(CN(CCN(CC(=O)[O-])CC(=O)[O-])CC(=O)[O-])N(CC(=O)[O-])CC(=O)[O-])cc1. The van der Waals surface area contributed by atoms with Gasteiger partial charge in [-0.3, -0.25) is 14.7 Å². The molecule has 0 aliphatic rings. The van der Waals surface area contributed by atoms with Crippen molar-refractivity contribution >= 4 is 35.8 Å². The molecule has 0 heterocycles. The lowest BCUT2D eigenvalue weighted by molar-refractivity contribution is -0.313. The largest absolute Gasteiger partial charge is 0.550 e. The first-order chi connectivity index (χ1) is 36.3. The number of aliphatic carboxylic acids is 6. The number of hydrogen-bond acceptors (Lipinski definition) is 20. The zero-order chi connectivity index (χ0) is 55.1. The van der Waals surface area contributed by atoms with E-state index >= 15 is 0 Å². The van der Waals surface area contributed by atoms with Crippen LogP contribution < -0.4 is 54.3 Å². The second-order valence-electron chi connectivity index (χ2n) is 18.1. The van der Waals surface area contributed by atoms with E-state index in [0.29, 0.717) is 41.6 Å². The van der Waals surface area contributed by atoms with E-state index in [1.807, 2.05) is 75.4 Å². The molecule has 5 rings (SSSR count). The van der Waals surface area contributed by atoms with E-state index in [9.17, 15) is 59.4 Å². The van der Waals surface area contributed by atoms with Crippen molar-refractivity contribution < 1.29 is 83.1 Å². The van der Waals surface area contributed by atoms with Gasteiger partial charge in [-0.1, -0.05) is 78.7 Å². The van der Waals surface area contributed by atoms with Gasteiger partial charge in [0.15, 0.2) is 6.10 Å². The van der Waals surface area contributed by atoms with E-state index in [1.54, 1.807) is 54.6 Å². The molecule has 2 unspecified atom stereocenters. The molecule has 0 aliphatic carbocycles. The Balaban J connectivity index is 1.39. The Hall–Kier alpha value is -8.20. The predicted octanol–water partition coefficient (Wildman–Crippen LogP) is -2.21. The third kappa shape index (κ3) is 21.0. The first kappa shape index (κ1) is 58.7. The smallest absolute Gasteiger partial charge is 0.166 e. The van der Waals surface area contributed by atoms with Gasteiger partial charge in [0.1, 0.15) is 55.2 Å². The Kier molecular flexibility index (Phi) is 22.9. The molecule has 0 N–H and O–H groups in total. The van der Waals surface area contributed by atoms with Crippen molar-refractivity contribution in [1.82, 2.24) is 14.7 Å². The Morgan fingerprint density at radius 3 is 1.36 bits per heavy atom. The molecule has 0 spiro atoms. The topological polar surface area (TPSA) is 297 Å². The molecular formula is C56H59N3O17-6. The molecule has 5 aromatic carbocycles. The maximum absolute atomic E-state index is 11.9. The van der Waals surface area contributed by atoms with E-state index in [0.717, 1.165) is 37.6 Å². The molecule has 20 heteroatoms. The molecule has 406 valence electrons. The molecule has 76 heavy (non-hydrogen) atoms. The van der Waals surface area contributed by atoms with Gasteiger partial charge < -0.3 is 83.1 Å². The van der Waals surface area contributed by atoms with Gasteiger partial charge in [-0.15, -0.1) is 0 Å². The standard InChI is InChI=1S/C56H65N3O17/c1-4-42-24-46(72-33-40-9-5-37(2)6-10-40)17-19-49(42)74-35-48(36-75-50-20-18-47(25-43(50)26-51(60)61)73-34-41-11-7-38(3)8-12-41)76-45-15-13-39(14-16-45)23-44(59(31-55(68)69)32-56(70)71)27-57(28-52(62)63)21-22-58(29-53(64)65)30-54(66)67/h5-20,24-25,44,48H,4,21-23,26-36H2,1-3H3,(H,60,61)(H,62,63)(H,64,65)(H,66,67)(H,68,69)(H,70,71)/p-6. The van der Waals surface area contributed by atoms with Gasteiger partial charge in [0.25, 0.3) is 0 Å². The fourth-order valence-corrected chi connectivity index (χ4v) is 8.03. The minimum Gasteiger partial charge on any atom is -0.550 e. The molecule has 0 aliphatic heterocycles. The second kappa shape index (κ2) is 29.6. The van der Waals surface area contributed by atoms with Gasteiger partial charge in [-0.25, -0.2) is 0 Å². The van der Waals surface area contributed by atoms with Crippen molar-refractivity contribution in [2.45, 2.75) is 65.4 Å². The van der Waals surface area contributed by atoms with Crippen molar-refractivity contribution in [2.75, 3.05) is 65.6 Å². The molecule has 0 bridgehead atoms. The highest BCUT2D eigenvalue weighted by molar-refractivity contribution is 5.71. The predicted molar refractivity (Wildman–Crippen MR) is 261 cm³/mol. The summed E-state index contributed by atoms with van der Waals surface area (Å²) in [5.74, 6) is -7.33. The van der Waals surface area contributed by atoms with Crippen LogP contribution in [-0.2, 0) is 61.2 Å². The van der Waals surface area contributed by atoms with Crippen molar-refractivity contribution in [3.63, 3.8) is 0 Å². The average Bonchev–Trinajstić information content (AvgIpc) is 3.35. The van der Waals surface area contributed by atoms with Crippen molar-refractivity contribution in [1.29, 1.82) is 0 Å². The summed E-state index contributed by atoms with van der Waals surface area (Å²) in [5.41, 5.74) is 5.76. The maximum Gasteiger partial charge on any atom is 0.166 e. The number of aryl methyl sites for hydroxylation is 3. The second-order valence-corrected chi connectivity index (χ2v) is 18.1. The Morgan fingerprint density at radius 2 is 0.895 bits per heavy atom. The third-order valence-electron chi connectivity index (χ3n) is 11.8. The summed E-state index contributed by atoms with van der Waals surface area (Å²) >= 11 is 0. The number of ether oxygens (including phenoxy) is 5. The summed E-state index contributed by atoms with van der Waals surface area (Å²) in [6.07, 6.45) is -0.845. The highest BCUT2D eigenvalue weighted by Gasteiger charge is 2.24. The summed E-state index contributed by atoms with van der Waals surface area (Å²) in [4.78, 5) is 73.3. The van der Waals surface area contributed by atoms with Gasteiger partial charge in [0.2, 0.25) is 0 Å². The summed E-state index contributed by atoms with van der Waals surface area (Å²) in [5, 5.41) is 70.2. The lowest BCUT2D eigenvalue weighted by atomic mass is 10.0. The molecule has 0 amide bonds. The monoisotopic (exact) mass is 1050 g/mol. The minimum absolute atomic E-state index is 0.0764. The van der Waals surface area contributed by atoms with E-state index in [4.69, 9.17) is 23.7 Å². The Bertz CT molecular complexity index is 2680. The molecular weight excluding hydrogens is 987 g/mol. The van der Waals surface area contributed by atoms with Crippen molar-refractivity contribution in [3.8, 4) is 28.7 Å². The molecule has 0 fully saturated rings. The van der Waals surface area contributed by atoms with Crippen LogP contribution in [0.15, 0.2) is 109 Å². The van der Waals surface area contributed by atoms with E-state index in [2.05, 4.69) is 0 Å². The number of carboxylic acids is 6. The molecule has 5 aromatic rings. The van der Waals surface area contributed by atoms with Crippen LogP contribution >= 0.6 is 0 Å². The normalized spacial score (nSPS) is 12.0.